The fraction of sp³-hybridized carbons (Fsp3) is 1.00. The highest BCUT2D eigenvalue weighted by Gasteiger charge is 2.39. The van der Waals surface area contributed by atoms with Crippen LogP contribution >= 0.6 is 0 Å². The van der Waals surface area contributed by atoms with E-state index < -0.39 is 0 Å². The summed E-state index contributed by atoms with van der Waals surface area (Å²) in [6.07, 6.45) is 4.55. The summed E-state index contributed by atoms with van der Waals surface area (Å²) in [4.78, 5) is 2.47. The topological polar surface area (TPSA) is 35.5 Å². The third-order valence-electron chi connectivity index (χ3n) is 4.28. The van der Waals surface area contributed by atoms with E-state index in [9.17, 15) is 5.11 Å². The van der Waals surface area contributed by atoms with Crippen LogP contribution < -0.4 is 5.32 Å². The van der Waals surface area contributed by atoms with Crippen LogP contribution in [0.2, 0.25) is 0 Å². The molecule has 0 heterocycles. The molecule has 1 rings (SSSR count). The molecular formula is C12H26N2O. The Morgan fingerprint density at radius 3 is 2.67 bits per heavy atom. The van der Waals surface area contributed by atoms with Crippen molar-refractivity contribution in [3.05, 3.63) is 0 Å². The van der Waals surface area contributed by atoms with Gasteiger partial charge in [-0.3, -0.25) is 0 Å². The highest BCUT2D eigenvalue weighted by atomic mass is 16.3. The zero-order valence-corrected chi connectivity index (χ0v) is 10.6. The lowest BCUT2D eigenvalue weighted by atomic mass is 9.98. The lowest BCUT2D eigenvalue weighted by Crippen LogP contribution is -2.46. The molecular weight excluding hydrogens is 188 g/mol. The first kappa shape index (κ1) is 12.9. The van der Waals surface area contributed by atoms with Crippen molar-refractivity contribution in [2.24, 2.45) is 0 Å². The zero-order chi connectivity index (χ0) is 11.5. The number of hydrogen-bond acceptors (Lipinski definition) is 3. The van der Waals surface area contributed by atoms with E-state index >= 15 is 0 Å². The highest BCUT2D eigenvalue weighted by Crippen LogP contribution is 2.33. The first-order valence-electron chi connectivity index (χ1n) is 6.10. The Bertz CT molecular complexity index is 192. The number of aliphatic hydroxyl groups excluding tert-OH is 1. The van der Waals surface area contributed by atoms with E-state index in [0.717, 1.165) is 12.8 Å². The molecule has 90 valence electrons. The van der Waals surface area contributed by atoms with Crippen molar-refractivity contribution < 1.29 is 5.11 Å². The molecule has 1 aliphatic carbocycles. The van der Waals surface area contributed by atoms with Crippen molar-refractivity contribution in [2.45, 2.75) is 57.2 Å². The van der Waals surface area contributed by atoms with Crippen LogP contribution in [0.1, 0.15) is 39.5 Å². The van der Waals surface area contributed by atoms with E-state index in [-0.39, 0.29) is 12.1 Å². The summed E-state index contributed by atoms with van der Waals surface area (Å²) in [6, 6.07) is 1.26. The van der Waals surface area contributed by atoms with Gasteiger partial charge in [-0.25, -0.2) is 0 Å². The van der Waals surface area contributed by atoms with Crippen molar-refractivity contribution in [3.63, 3.8) is 0 Å². The third-order valence-corrected chi connectivity index (χ3v) is 4.28. The minimum Gasteiger partial charge on any atom is -0.394 e. The lowest BCUT2D eigenvalue weighted by molar-refractivity contribution is 0.142. The largest absolute Gasteiger partial charge is 0.394 e. The normalized spacial score (nSPS) is 33.6. The molecule has 1 aliphatic rings. The highest BCUT2D eigenvalue weighted by molar-refractivity contribution is 4.98. The fourth-order valence-corrected chi connectivity index (χ4v) is 2.54. The number of aliphatic hydroxyl groups is 1. The summed E-state index contributed by atoms with van der Waals surface area (Å²) in [6.45, 7) is 4.76. The summed E-state index contributed by atoms with van der Waals surface area (Å²) in [5, 5.41) is 12.7. The number of nitrogens with one attached hydrogen (secondary N) is 1. The second-order valence-corrected chi connectivity index (χ2v) is 5.01. The molecule has 0 amide bonds. The molecule has 3 atom stereocenters. The fourth-order valence-electron chi connectivity index (χ4n) is 2.54. The van der Waals surface area contributed by atoms with Crippen LogP contribution in [0.4, 0.5) is 0 Å². The van der Waals surface area contributed by atoms with Crippen LogP contribution in [-0.2, 0) is 0 Å². The molecule has 3 heteroatoms. The molecule has 0 radical (unpaired) electrons. The van der Waals surface area contributed by atoms with Crippen LogP contribution in [0.25, 0.3) is 0 Å². The zero-order valence-electron chi connectivity index (χ0n) is 10.6. The van der Waals surface area contributed by atoms with E-state index in [1.807, 2.05) is 7.05 Å². The monoisotopic (exact) mass is 214 g/mol. The van der Waals surface area contributed by atoms with Gasteiger partial charge in [0.15, 0.2) is 0 Å². The maximum absolute atomic E-state index is 9.43. The van der Waals surface area contributed by atoms with Crippen molar-refractivity contribution in [2.75, 3.05) is 20.7 Å². The Balaban J connectivity index is 2.55. The van der Waals surface area contributed by atoms with Gasteiger partial charge in [-0.2, -0.15) is 0 Å². The molecule has 3 nitrogen and oxygen atoms in total. The van der Waals surface area contributed by atoms with Crippen molar-refractivity contribution in [3.8, 4) is 0 Å². The van der Waals surface area contributed by atoms with Crippen LogP contribution in [-0.4, -0.2) is 48.3 Å². The van der Waals surface area contributed by atoms with E-state index in [0.29, 0.717) is 12.1 Å². The molecule has 0 aromatic rings. The Hall–Kier alpha value is -0.120. The molecule has 1 fully saturated rings. The molecule has 3 unspecified atom stereocenters. The summed E-state index contributed by atoms with van der Waals surface area (Å²) >= 11 is 0. The number of rotatable bonds is 5. The predicted molar refractivity (Wildman–Crippen MR) is 64.0 cm³/mol. The maximum Gasteiger partial charge on any atom is 0.0613 e. The van der Waals surface area contributed by atoms with Crippen molar-refractivity contribution >= 4 is 0 Å². The summed E-state index contributed by atoms with van der Waals surface area (Å²) in [5.41, 5.74) is -0.0214. The molecule has 0 spiro atoms. The van der Waals surface area contributed by atoms with Crippen molar-refractivity contribution in [1.82, 2.24) is 10.2 Å². The first-order chi connectivity index (χ1) is 7.08. The van der Waals surface area contributed by atoms with Gasteiger partial charge < -0.3 is 15.3 Å². The molecule has 0 bridgehead atoms. The van der Waals surface area contributed by atoms with Crippen LogP contribution in [0.5, 0.6) is 0 Å². The van der Waals surface area contributed by atoms with Crippen molar-refractivity contribution in [1.29, 1.82) is 0 Å². The molecule has 0 aromatic heterocycles. The van der Waals surface area contributed by atoms with Gasteiger partial charge in [-0.05, 0) is 46.7 Å². The van der Waals surface area contributed by atoms with Gasteiger partial charge >= 0.3 is 0 Å². The minimum atomic E-state index is -0.0214. The summed E-state index contributed by atoms with van der Waals surface area (Å²) in [5.74, 6) is 0. The average Bonchev–Trinajstić information content (AvgIpc) is 2.72. The quantitative estimate of drug-likeness (QED) is 0.722. The molecule has 15 heavy (non-hydrogen) atoms. The second-order valence-electron chi connectivity index (χ2n) is 5.01. The SMILES string of the molecule is CCC(C)N(C)C1CCC(CO)(NC)C1. The molecule has 0 aromatic carbocycles. The van der Waals surface area contributed by atoms with Gasteiger partial charge in [0.2, 0.25) is 0 Å². The third kappa shape index (κ3) is 2.71. The second kappa shape index (κ2) is 5.28. The smallest absolute Gasteiger partial charge is 0.0613 e. The average molecular weight is 214 g/mol. The van der Waals surface area contributed by atoms with Crippen LogP contribution in [0.3, 0.4) is 0 Å². The molecule has 0 aliphatic heterocycles. The summed E-state index contributed by atoms with van der Waals surface area (Å²) in [7, 11) is 4.17. The first-order valence-corrected chi connectivity index (χ1v) is 6.10. The Labute approximate surface area is 93.9 Å². The maximum atomic E-state index is 9.43. The van der Waals surface area contributed by atoms with E-state index in [1.54, 1.807) is 0 Å². The van der Waals surface area contributed by atoms with Crippen LogP contribution in [0.15, 0.2) is 0 Å². The summed E-state index contributed by atoms with van der Waals surface area (Å²) < 4.78 is 0. The molecule has 0 saturated heterocycles. The van der Waals surface area contributed by atoms with Gasteiger partial charge in [0.05, 0.1) is 6.61 Å². The van der Waals surface area contributed by atoms with E-state index in [4.69, 9.17) is 0 Å². The Morgan fingerprint density at radius 1 is 1.60 bits per heavy atom. The van der Waals surface area contributed by atoms with Gasteiger partial charge in [0.25, 0.3) is 0 Å². The minimum absolute atomic E-state index is 0.0214. The number of hydrogen-bond donors (Lipinski definition) is 2. The Kier molecular flexibility index (Phi) is 4.56. The molecule has 2 N–H and O–H groups in total. The van der Waals surface area contributed by atoms with Gasteiger partial charge in [-0.1, -0.05) is 6.92 Å². The van der Waals surface area contributed by atoms with E-state index in [2.05, 4.69) is 31.1 Å². The van der Waals surface area contributed by atoms with E-state index in [1.165, 1.54) is 12.8 Å². The lowest BCUT2D eigenvalue weighted by Gasteiger charge is -2.32. The van der Waals surface area contributed by atoms with Gasteiger partial charge in [0.1, 0.15) is 0 Å². The standard InChI is InChI=1S/C12H26N2O/c1-5-10(2)14(4)11-6-7-12(8-11,9-15)13-3/h10-11,13,15H,5-9H2,1-4H3. The number of nitrogens with zero attached hydrogens (tertiary/aromatic N) is 1. The van der Waals surface area contributed by atoms with Gasteiger partial charge in [0, 0.05) is 17.6 Å². The number of likely N-dealkylation sites (N-methyl/N-ethyl adjacent to an activating group) is 1. The molecule has 1 saturated carbocycles. The van der Waals surface area contributed by atoms with Crippen LogP contribution in [0, 0.1) is 0 Å². The predicted octanol–water partition coefficient (Wildman–Crippen LogP) is 1.22. The Morgan fingerprint density at radius 2 is 2.27 bits per heavy atom. The van der Waals surface area contributed by atoms with Gasteiger partial charge in [-0.15, -0.1) is 0 Å².